The largest absolute Gasteiger partial charge is 0.444 e. The van der Waals surface area contributed by atoms with E-state index in [-0.39, 0.29) is 18.2 Å². The molecule has 6 atom stereocenters. The lowest BCUT2D eigenvalue weighted by molar-refractivity contribution is -0.143. The molecule has 0 heterocycles. The molecule has 0 bridgehead atoms. The third-order valence-electron chi connectivity index (χ3n) is 7.74. The van der Waals surface area contributed by atoms with Crippen molar-refractivity contribution in [2.45, 2.75) is 124 Å². The number of ether oxygens (including phenoxy) is 1. The molecule has 0 aromatic heterocycles. The molecule has 14 nitrogen and oxygen atoms in total. The number of alkyl carbamates (subject to hydrolysis) is 1. The Labute approximate surface area is 290 Å². The molecule has 0 saturated carbocycles. The summed E-state index contributed by atoms with van der Waals surface area (Å²) in [5.74, 6) is -4.16. The number of carbonyl (C=O) groups is 6. The highest BCUT2D eigenvalue weighted by atomic mass is 16.6. The quantitative estimate of drug-likeness (QED) is 0.134. The summed E-state index contributed by atoms with van der Waals surface area (Å²) >= 11 is 0. The van der Waals surface area contributed by atoms with Crippen molar-refractivity contribution in [2.75, 3.05) is 7.05 Å². The lowest BCUT2D eigenvalue weighted by Gasteiger charge is -2.34. The van der Waals surface area contributed by atoms with Crippen LogP contribution in [0.15, 0.2) is 30.3 Å². The number of likely N-dealkylation sites (N-methyl/N-ethyl adjacent to an activating group) is 1. The van der Waals surface area contributed by atoms with Gasteiger partial charge < -0.3 is 41.7 Å². The van der Waals surface area contributed by atoms with Crippen LogP contribution in [0.1, 0.15) is 87.1 Å². The minimum atomic E-state index is -1.36. The average Bonchev–Trinajstić information content (AvgIpc) is 2.99. The Morgan fingerprint density at radius 1 is 0.857 bits per heavy atom. The number of amides is 6. The number of aliphatic hydroxyl groups excluding tert-OH is 1. The van der Waals surface area contributed by atoms with E-state index in [1.54, 1.807) is 48.5 Å². The van der Waals surface area contributed by atoms with Gasteiger partial charge in [-0.15, -0.1) is 0 Å². The Bertz CT molecular complexity index is 1270. The van der Waals surface area contributed by atoms with Crippen molar-refractivity contribution in [3.8, 4) is 0 Å². The zero-order chi connectivity index (χ0) is 37.6. The van der Waals surface area contributed by atoms with E-state index in [4.69, 9.17) is 10.5 Å². The van der Waals surface area contributed by atoms with E-state index in [0.29, 0.717) is 13.0 Å². The molecule has 0 aliphatic rings. The number of hydrogen-bond donors (Lipinski definition) is 6. The monoisotopic (exact) mass is 690 g/mol. The standard InChI is InChI=1S/C35H58N6O8/c1-20(2)16-25(27(42)17-22(5)30(44)38-23(6)31(45)37-19-24-14-12-11-13-15-24)39-32(46)26(18-28(36)43)41(10)33(47)29(21(3)4)40-34(48)49-35(7,8)9/h11-15,20-23,25-27,29,42H,16-19H2,1-10H3,(H2,36,43)(H,37,45)(H,38,44)(H,39,46)(H,40,48)/t22-,23+,25+,26+,27+,29+/m1/s1. The van der Waals surface area contributed by atoms with Crippen LogP contribution in [-0.2, 0) is 35.3 Å². The Morgan fingerprint density at radius 2 is 1.45 bits per heavy atom. The summed E-state index contributed by atoms with van der Waals surface area (Å²) in [7, 11) is 1.33. The van der Waals surface area contributed by atoms with Crippen molar-refractivity contribution < 1.29 is 38.6 Å². The summed E-state index contributed by atoms with van der Waals surface area (Å²) in [6.45, 7) is 15.7. The smallest absolute Gasteiger partial charge is 0.408 e. The first-order valence-electron chi connectivity index (χ1n) is 16.8. The summed E-state index contributed by atoms with van der Waals surface area (Å²) in [6, 6.07) is 5.22. The first kappa shape index (κ1) is 42.8. The molecule has 0 radical (unpaired) electrons. The molecule has 7 N–H and O–H groups in total. The molecule has 6 amide bonds. The SMILES string of the molecule is CC(C)C[C@H](NC(=O)[C@H](CC(N)=O)N(C)C(=O)[C@@H](NC(=O)OC(C)(C)C)C(C)C)[C@@H](O)C[C@@H](C)C(=O)N[C@@H](C)C(=O)NCc1ccccc1. The van der Waals surface area contributed by atoms with Gasteiger partial charge in [-0.25, -0.2) is 4.79 Å². The van der Waals surface area contributed by atoms with Gasteiger partial charge in [-0.3, -0.25) is 24.0 Å². The maximum Gasteiger partial charge on any atom is 0.408 e. The van der Waals surface area contributed by atoms with Gasteiger partial charge in [0, 0.05) is 19.5 Å². The number of aliphatic hydroxyl groups is 1. The molecule has 276 valence electrons. The molecule has 14 heteroatoms. The van der Waals surface area contributed by atoms with Crippen LogP contribution < -0.4 is 27.0 Å². The topological polar surface area (TPSA) is 209 Å². The van der Waals surface area contributed by atoms with Crippen molar-refractivity contribution in [1.82, 2.24) is 26.2 Å². The summed E-state index contributed by atoms with van der Waals surface area (Å²) in [5.41, 5.74) is 5.57. The molecule has 1 aromatic carbocycles. The molecular weight excluding hydrogens is 632 g/mol. The van der Waals surface area contributed by atoms with Crippen LogP contribution in [0.4, 0.5) is 4.79 Å². The van der Waals surface area contributed by atoms with Gasteiger partial charge in [0.05, 0.1) is 18.6 Å². The van der Waals surface area contributed by atoms with Crippen LogP contribution in [0.3, 0.4) is 0 Å². The zero-order valence-electron chi connectivity index (χ0n) is 30.7. The van der Waals surface area contributed by atoms with Gasteiger partial charge in [0.15, 0.2) is 0 Å². The van der Waals surface area contributed by atoms with Gasteiger partial charge in [0.1, 0.15) is 23.7 Å². The van der Waals surface area contributed by atoms with Gasteiger partial charge in [-0.2, -0.15) is 0 Å². The summed E-state index contributed by atoms with van der Waals surface area (Å²) in [4.78, 5) is 78.4. The second-order valence-electron chi connectivity index (χ2n) is 14.4. The Morgan fingerprint density at radius 3 is 1.96 bits per heavy atom. The van der Waals surface area contributed by atoms with Crippen LogP contribution in [0.2, 0.25) is 0 Å². The van der Waals surface area contributed by atoms with E-state index in [1.807, 2.05) is 44.2 Å². The maximum absolute atomic E-state index is 13.7. The number of nitrogens with two attached hydrogens (primary N) is 1. The Balaban J connectivity index is 3.02. The fourth-order valence-electron chi connectivity index (χ4n) is 5.01. The number of carbonyl (C=O) groups excluding carboxylic acids is 6. The first-order chi connectivity index (χ1) is 22.6. The number of nitrogens with zero attached hydrogens (tertiary/aromatic N) is 1. The van der Waals surface area contributed by atoms with Crippen LogP contribution in [0.5, 0.6) is 0 Å². The van der Waals surface area contributed by atoms with E-state index in [1.165, 1.54) is 7.05 Å². The summed E-state index contributed by atoms with van der Waals surface area (Å²) < 4.78 is 5.30. The van der Waals surface area contributed by atoms with Crippen LogP contribution in [0.25, 0.3) is 0 Å². The highest BCUT2D eigenvalue weighted by molar-refractivity contribution is 5.94. The minimum absolute atomic E-state index is 0.00900. The number of rotatable bonds is 18. The fraction of sp³-hybridized carbons (Fsp3) is 0.657. The van der Waals surface area contributed by atoms with Gasteiger partial charge in [0.25, 0.3) is 0 Å². The molecular formula is C35H58N6O8. The van der Waals surface area contributed by atoms with E-state index in [9.17, 15) is 33.9 Å². The molecule has 0 fully saturated rings. The second kappa shape index (κ2) is 19.7. The van der Waals surface area contributed by atoms with Crippen LogP contribution >= 0.6 is 0 Å². The lowest BCUT2D eigenvalue weighted by Crippen LogP contribution is -2.58. The van der Waals surface area contributed by atoms with Crippen LogP contribution in [-0.4, -0.2) is 88.6 Å². The second-order valence-corrected chi connectivity index (χ2v) is 14.4. The highest BCUT2D eigenvalue weighted by Crippen LogP contribution is 2.18. The average molecular weight is 691 g/mol. The molecule has 0 unspecified atom stereocenters. The van der Waals surface area contributed by atoms with E-state index in [2.05, 4.69) is 21.3 Å². The van der Waals surface area contributed by atoms with E-state index in [0.717, 1.165) is 10.5 Å². The van der Waals surface area contributed by atoms with E-state index >= 15 is 0 Å². The molecule has 1 rings (SSSR count). The van der Waals surface area contributed by atoms with Crippen LogP contribution in [0, 0.1) is 17.8 Å². The lowest BCUT2D eigenvalue weighted by atomic mass is 9.92. The summed E-state index contributed by atoms with van der Waals surface area (Å²) in [5, 5.41) is 22.0. The minimum Gasteiger partial charge on any atom is -0.444 e. The zero-order valence-corrected chi connectivity index (χ0v) is 30.7. The number of benzene rings is 1. The number of primary amides is 1. The van der Waals surface area contributed by atoms with Gasteiger partial charge >= 0.3 is 6.09 Å². The van der Waals surface area contributed by atoms with Crippen molar-refractivity contribution in [3.63, 3.8) is 0 Å². The predicted molar refractivity (Wildman–Crippen MR) is 185 cm³/mol. The predicted octanol–water partition coefficient (Wildman–Crippen LogP) is 1.98. The molecule has 0 saturated heterocycles. The summed E-state index contributed by atoms with van der Waals surface area (Å²) in [6.07, 6.45) is -2.26. The van der Waals surface area contributed by atoms with Crippen molar-refractivity contribution in [3.05, 3.63) is 35.9 Å². The third-order valence-corrected chi connectivity index (χ3v) is 7.74. The molecule has 49 heavy (non-hydrogen) atoms. The highest BCUT2D eigenvalue weighted by Gasteiger charge is 2.37. The number of hydrogen-bond acceptors (Lipinski definition) is 8. The molecule has 0 spiro atoms. The maximum atomic E-state index is 13.7. The first-order valence-corrected chi connectivity index (χ1v) is 16.8. The normalized spacial score (nSPS) is 15.2. The Kier molecular flexibility index (Phi) is 17.2. The third kappa shape index (κ3) is 15.7. The van der Waals surface area contributed by atoms with Gasteiger partial charge in [-0.1, -0.05) is 65.0 Å². The van der Waals surface area contributed by atoms with E-state index < -0.39 is 83.9 Å². The molecule has 1 aromatic rings. The van der Waals surface area contributed by atoms with Crippen molar-refractivity contribution >= 4 is 35.6 Å². The van der Waals surface area contributed by atoms with Gasteiger partial charge in [-0.05, 0) is 57.9 Å². The van der Waals surface area contributed by atoms with Crippen molar-refractivity contribution in [2.24, 2.45) is 23.5 Å². The fourth-order valence-corrected chi connectivity index (χ4v) is 5.01. The molecule has 0 aliphatic heterocycles. The molecule has 0 aliphatic carbocycles. The Hall–Kier alpha value is -4.20. The number of nitrogens with one attached hydrogen (secondary N) is 4. The van der Waals surface area contributed by atoms with Gasteiger partial charge in [0.2, 0.25) is 29.5 Å². The van der Waals surface area contributed by atoms with Crippen molar-refractivity contribution in [1.29, 1.82) is 0 Å².